The summed E-state index contributed by atoms with van der Waals surface area (Å²) in [6, 6.07) is 6.54. The van der Waals surface area contributed by atoms with Gasteiger partial charge in [-0.25, -0.2) is 4.39 Å². The van der Waals surface area contributed by atoms with Gasteiger partial charge in [-0.1, -0.05) is 18.2 Å². The van der Waals surface area contributed by atoms with Gasteiger partial charge in [0.15, 0.2) is 0 Å². The number of rotatable bonds is 7. The van der Waals surface area contributed by atoms with Crippen molar-refractivity contribution in [1.29, 1.82) is 0 Å². The first-order valence-corrected chi connectivity index (χ1v) is 7.39. The highest BCUT2D eigenvalue weighted by molar-refractivity contribution is 5.89. The number of likely N-dealkylation sites (tertiary alicyclic amines) is 1. The predicted octanol–water partition coefficient (Wildman–Crippen LogP) is 0.979. The smallest absolute Gasteiger partial charge is 0.225 e. The quantitative estimate of drug-likeness (QED) is 0.764. The summed E-state index contributed by atoms with van der Waals surface area (Å²) >= 11 is 0. The molecule has 6 heteroatoms. The Kier molecular flexibility index (Phi) is 5.89. The summed E-state index contributed by atoms with van der Waals surface area (Å²) in [4.78, 5) is 25.5. The Hall–Kier alpha value is -1.95. The molecule has 22 heavy (non-hydrogen) atoms. The van der Waals surface area contributed by atoms with Crippen molar-refractivity contribution >= 4 is 11.8 Å². The van der Waals surface area contributed by atoms with Gasteiger partial charge in [-0.15, -0.1) is 0 Å². The maximum Gasteiger partial charge on any atom is 0.225 e. The number of benzene rings is 1. The Labute approximate surface area is 129 Å². The molecule has 1 unspecified atom stereocenters. The number of nitrogens with one attached hydrogen (secondary N) is 1. The van der Waals surface area contributed by atoms with Gasteiger partial charge in [0.25, 0.3) is 0 Å². The third kappa shape index (κ3) is 4.27. The minimum Gasteiger partial charge on any atom is -0.383 e. The highest BCUT2D eigenvalue weighted by Gasteiger charge is 2.33. The van der Waals surface area contributed by atoms with Crippen LogP contribution in [-0.4, -0.2) is 50.1 Å². The van der Waals surface area contributed by atoms with Gasteiger partial charge in [-0.2, -0.15) is 0 Å². The minimum atomic E-state index is -0.329. The highest BCUT2D eigenvalue weighted by Crippen LogP contribution is 2.19. The SMILES string of the molecule is COCCNC(=O)C1CC(=O)N(CCc2ccccc2F)C1. The van der Waals surface area contributed by atoms with Crippen molar-refractivity contribution in [2.75, 3.05) is 33.4 Å². The summed E-state index contributed by atoms with van der Waals surface area (Å²) in [6.45, 7) is 1.71. The van der Waals surface area contributed by atoms with Gasteiger partial charge in [0, 0.05) is 33.2 Å². The molecule has 0 aromatic heterocycles. The molecule has 1 saturated heterocycles. The van der Waals surface area contributed by atoms with E-state index >= 15 is 0 Å². The Balaban J connectivity index is 1.82. The lowest BCUT2D eigenvalue weighted by atomic mass is 10.1. The topological polar surface area (TPSA) is 58.6 Å². The van der Waals surface area contributed by atoms with Gasteiger partial charge in [-0.05, 0) is 18.1 Å². The lowest BCUT2D eigenvalue weighted by Crippen LogP contribution is -2.35. The van der Waals surface area contributed by atoms with Crippen molar-refractivity contribution in [2.24, 2.45) is 5.92 Å². The monoisotopic (exact) mass is 308 g/mol. The standard InChI is InChI=1S/C16H21FN2O3/c1-22-9-7-18-16(21)13-10-15(20)19(11-13)8-6-12-4-2-3-5-14(12)17/h2-5,13H,6-11H2,1H3,(H,18,21). The molecule has 1 fully saturated rings. The van der Waals surface area contributed by atoms with Crippen LogP contribution in [0.5, 0.6) is 0 Å². The molecule has 1 atom stereocenters. The first-order chi connectivity index (χ1) is 10.6. The lowest BCUT2D eigenvalue weighted by molar-refractivity contribution is -0.129. The lowest BCUT2D eigenvalue weighted by Gasteiger charge is -2.16. The normalized spacial score (nSPS) is 17.8. The predicted molar refractivity (Wildman–Crippen MR) is 79.7 cm³/mol. The Morgan fingerprint density at radius 2 is 2.23 bits per heavy atom. The second-order valence-electron chi connectivity index (χ2n) is 5.37. The zero-order chi connectivity index (χ0) is 15.9. The summed E-state index contributed by atoms with van der Waals surface area (Å²) in [7, 11) is 1.57. The Morgan fingerprint density at radius 3 is 2.95 bits per heavy atom. The third-order valence-electron chi connectivity index (χ3n) is 3.80. The zero-order valence-electron chi connectivity index (χ0n) is 12.7. The molecule has 1 aliphatic heterocycles. The fourth-order valence-electron chi connectivity index (χ4n) is 2.54. The minimum absolute atomic E-state index is 0.0526. The van der Waals surface area contributed by atoms with E-state index in [0.29, 0.717) is 38.2 Å². The molecule has 1 aromatic carbocycles. The number of hydrogen-bond acceptors (Lipinski definition) is 3. The summed E-state index contributed by atoms with van der Waals surface area (Å²) in [6.07, 6.45) is 0.673. The molecule has 1 heterocycles. The maximum atomic E-state index is 13.6. The summed E-state index contributed by atoms with van der Waals surface area (Å²) in [5.74, 6) is -0.769. The number of ether oxygens (including phenoxy) is 1. The number of nitrogens with zero attached hydrogens (tertiary/aromatic N) is 1. The molecule has 0 saturated carbocycles. The van der Waals surface area contributed by atoms with Crippen LogP contribution < -0.4 is 5.32 Å². The molecule has 1 aliphatic rings. The number of hydrogen-bond donors (Lipinski definition) is 1. The number of amides is 2. The average Bonchev–Trinajstić information content (AvgIpc) is 2.88. The number of halogens is 1. The number of carbonyl (C=O) groups excluding carboxylic acids is 2. The molecular weight excluding hydrogens is 287 g/mol. The van der Waals surface area contributed by atoms with E-state index in [2.05, 4.69) is 5.32 Å². The Bertz CT molecular complexity index is 536. The van der Waals surface area contributed by atoms with Gasteiger partial charge in [-0.3, -0.25) is 9.59 Å². The molecular formula is C16H21FN2O3. The van der Waals surface area contributed by atoms with Gasteiger partial charge in [0.1, 0.15) is 5.82 Å². The van der Waals surface area contributed by atoms with Crippen molar-refractivity contribution in [3.8, 4) is 0 Å². The summed E-state index contributed by atoms with van der Waals surface area (Å²) < 4.78 is 18.4. The summed E-state index contributed by atoms with van der Waals surface area (Å²) in [5.41, 5.74) is 0.586. The second kappa shape index (κ2) is 7.89. The zero-order valence-corrected chi connectivity index (χ0v) is 12.7. The van der Waals surface area contributed by atoms with Crippen LogP contribution in [0.25, 0.3) is 0 Å². The molecule has 1 N–H and O–H groups in total. The Morgan fingerprint density at radius 1 is 1.45 bits per heavy atom. The number of carbonyl (C=O) groups is 2. The molecule has 2 amide bonds. The first kappa shape index (κ1) is 16.4. The molecule has 0 aliphatic carbocycles. The molecule has 5 nitrogen and oxygen atoms in total. The highest BCUT2D eigenvalue weighted by atomic mass is 19.1. The first-order valence-electron chi connectivity index (χ1n) is 7.39. The van der Waals surface area contributed by atoms with Gasteiger partial charge < -0.3 is 15.0 Å². The van der Waals surface area contributed by atoms with Crippen LogP contribution in [0.4, 0.5) is 4.39 Å². The van der Waals surface area contributed by atoms with E-state index in [1.165, 1.54) is 6.07 Å². The van der Waals surface area contributed by atoms with Crippen LogP contribution in [-0.2, 0) is 20.7 Å². The van der Waals surface area contributed by atoms with Crippen molar-refractivity contribution < 1.29 is 18.7 Å². The van der Waals surface area contributed by atoms with Crippen LogP contribution in [0.15, 0.2) is 24.3 Å². The fraction of sp³-hybridized carbons (Fsp3) is 0.500. The van der Waals surface area contributed by atoms with E-state index in [0.717, 1.165) is 0 Å². The molecule has 0 radical (unpaired) electrons. The third-order valence-corrected chi connectivity index (χ3v) is 3.80. The van der Waals surface area contributed by atoms with E-state index < -0.39 is 0 Å². The molecule has 2 rings (SSSR count). The van der Waals surface area contributed by atoms with E-state index in [1.807, 2.05) is 0 Å². The van der Waals surface area contributed by atoms with Crippen molar-refractivity contribution in [2.45, 2.75) is 12.8 Å². The maximum absolute atomic E-state index is 13.6. The fourth-order valence-corrected chi connectivity index (χ4v) is 2.54. The average molecular weight is 308 g/mol. The van der Waals surface area contributed by atoms with Crippen molar-refractivity contribution in [1.82, 2.24) is 10.2 Å². The largest absolute Gasteiger partial charge is 0.383 e. The second-order valence-corrected chi connectivity index (χ2v) is 5.37. The van der Waals surface area contributed by atoms with E-state index in [-0.39, 0.29) is 30.0 Å². The van der Waals surface area contributed by atoms with Crippen molar-refractivity contribution in [3.05, 3.63) is 35.6 Å². The molecule has 0 bridgehead atoms. The van der Waals surface area contributed by atoms with E-state index in [1.54, 1.807) is 30.2 Å². The van der Waals surface area contributed by atoms with Crippen LogP contribution in [0.2, 0.25) is 0 Å². The van der Waals surface area contributed by atoms with Gasteiger partial charge in [0.2, 0.25) is 11.8 Å². The molecule has 120 valence electrons. The molecule has 1 aromatic rings. The molecule has 0 spiro atoms. The van der Waals surface area contributed by atoms with Gasteiger partial charge >= 0.3 is 0 Å². The van der Waals surface area contributed by atoms with Crippen LogP contribution >= 0.6 is 0 Å². The number of methoxy groups -OCH3 is 1. The van der Waals surface area contributed by atoms with Crippen molar-refractivity contribution in [3.63, 3.8) is 0 Å². The summed E-state index contributed by atoms with van der Waals surface area (Å²) in [5, 5.41) is 2.75. The van der Waals surface area contributed by atoms with E-state index in [4.69, 9.17) is 4.74 Å². The van der Waals surface area contributed by atoms with Crippen LogP contribution in [0.1, 0.15) is 12.0 Å². The van der Waals surface area contributed by atoms with Gasteiger partial charge in [0.05, 0.1) is 12.5 Å². The van der Waals surface area contributed by atoms with Crippen LogP contribution in [0, 0.1) is 11.7 Å². The van der Waals surface area contributed by atoms with E-state index in [9.17, 15) is 14.0 Å². The van der Waals surface area contributed by atoms with Crippen LogP contribution in [0.3, 0.4) is 0 Å².